The van der Waals surface area contributed by atoms with Gasteiger partial charge < -0.3 is 0 Å². The van der Waals surface area contributed by atoms with E-state index >= 15 is 0 Å². The van der Waals surface area contributed by atoms with Gasteiger partial charge in [0.1, 0.15) is 0 Å². The second-order valence-corrected chi connectivity index (χ2v) is 8.00. The fraction of sp³-hybridized carbons (Fsp3) is 0.478. The zero-order valence-electron chi connectivity index (χ0n) is 16.1. The summed E-state index contributed by atoms with van der Waals surface area (Å²) in [5.41, 5.74) is 5.80. The van der Waals surface area contributed by atoms with Crippen molar-refractivity contribution in [3.63, 3.8) is 0 Å². The minimum atomic E-state index is 0.224. The number of rotatable bonds is 7. The summed E-state index contributed by atoms with van der Waals surface area (Å²) in [6.45, 7) is 14.5. The molecule has 24 heavy (non-hydrogen) atoms. The smallest absolute Gasteiger partial charge is 0.0237 e. The van der Waals surface area contributed by atoms with Crippen LogP contribution in [0, 0.1) is 6.92 Å². The first-order chi connectivity index (χ1) is 11.4. The van der Waals surface area contributed by atoms with Crippen LogP contribution in [-0.4, -0.2) is 11.4 Å². The zero-order valence-corrected chi connectivity index (χ0v) is 16.1. The zero-order chi connectivity index (χ0) is 17.6. The van der Waals surface area contributed by atoms with Crippen LogP contribution in [0.4, 0.5) is 0 Å². The summed E-state index contributed by atoms with van der Waals surface area (Å²) in [5.74, 6) is 0. The van der Waals surface area contributed by atoms with E-state index in [0.717, 1.165) is 19.6 Å². The molecule has 0 aliphatic carbocycles. The Labute approximate surface area is 148 Å². The van der Waals surface area contributed by atoms with Crippen LogP contribution in [0.25, 0.3) is 0 Å². The third-order valence-electron chi connectivity index (χ3n) is 4.54. The first-order valence-corrected chi connectivity index (χ1v) is 9.26. The van der Waals surface area contributed by atoms with Gasteiger partial charge in [0.15, 0.2) is 0 Å². The van der Waals surface area contributed by atoms with Gasteiger partial charge in [0.2, 0.25) is 0 Å². The maximum Gasteiger partial charge on any atom is 0.0237 e. The Morgan fingerprint density at radius 3 is 2.12 bits per heavy atom. The SMILES string of the molecule is CCCCN(Cc1ccc(C(C)(C)C)cc1)Cc1cccc(C)c1. The average molecular weight is 324 g/mol. The van der Waals surface area contributed by atoms with E-state index in [1.54, 1.807) is 0 Å². The largest absolute Gasteiger partial charge is 0.295 e. The lowest BCUT2D eigenvalue weighted by atomic mass is 9.87. The van der Waals surface area contributed by atoms with E-state index in [9.17, 15) is 0 Å². The molecule has 2 aromatic rings. The van der Waals surface area contributed by atoms with Crippen molar-refractivity contribution in [1.29, 1.82) is 0 Å². The van der Waals surface area contributed by atoms with E-state index in [1.807, 2.05) is 0 Å². The minimum absolute atomic E-state index is 0.224. The quantitative estimate of drug-likeness (QED) is 0.595. The van der Waals surface area contributed by atoms with Gasteiger partial charge in [0.25, 0.3) is 0 Å². The van der Waals surface area contributed by atoms with Crippen molar-refractivity contribution in [2.75, 3.05) is 6.54 Å². The minimum Gasteiger partial charge on any atom is -0.295 e. The maximum atomic E-state index is 2.57. The van der Waals surface area contributed by atoms with Crippen LogP contribution in [-0.2, 0) is 18.5 Å². The number of hydrogen-bond acceptors (Lipinski definition) is 1. The Bertz CT molecular complexity index is 619. The molecule has 0 radical (unpaired) electrons. The van der Waals surface area contributed by atoms with Crippen molar-refractivity contribution in [3.8, 4) is 0 Å². The van der Waals surface area contributed by atoms with Crippen LogP contribution < -0.4 is 0 Å². The van der Waals surface area contributed by atoms with Crippen LogP contribution in [0.1, 0.15) is 62.8 Å². The number of nitrogens with zero attached hydrogens (tertiary/aromatic N) is 1. The van der Waals surface area contributed by atoms with Gasteiger partial charge >= 0.3 is 0 Å². The standard InChI is InChI=1S/C23H33N/c1-6-7-15-24(18-21-10-8-9-19(2)16-21)17-20-11-13-22(14-12-20)23(3,4)5/h8-14,16H,6-7,15,17-18H2,1-5H3. The molecule has 0 N–H and O–H groups in total. The molecule has 0 saturated heterocycles. The summed E-state index contributed by atoms with van der Waals surface area (Å²) in [6.07, 6.45) is 2.50. The Balaban J connectivity index is 2.07. The van der Waals surface area contributed by atoms with Crippen LogP contribution in [0.3, 0.4) is 0 Å². The first-order valence-electron chi connectivity index (χ1n) is 9.26. The highest BCUT2D eigenvalue weighted by Crippen LogP contribution is 2.23. The lowest BCUT2D eigenvalue weighted by Crippen LogP contribution is -2.24. The van der Waals surface area contributed by atoms with Crippen LogP contribution in [0.15, 0.2) is 48.5 Å². The van der Waals surface area contributed by atoms with Crippen LogP contribution in [0.5, 0.6) is 0 Å². The molecule has 0 aliphatic heterocycles. The Kier molecular flexibility index (Phi) is 6.62. The van der Waals surface area contributed by atoms with E-state index in [4.69, 9.17) is 0 Å². The van der Waals surface area contributed by atoms with Crippen molar-refractivity contribution in [1.82, 2.24) is 4.90 Å². The van der Waals surface area contributed by atoms with E-state index in [0.29, 0.717) is 0 Å². The molecule has 0 unspecified atom stereocenters. The van der Waals surface area contributed by atoms with Gasteiger partial charge in [-0.15, -0.1) is 0 Å². The average Bonchev–Trinajstić information content (AvgIpc) is 2.52. The third kappa shape index (κ3) is 5.79. The fourth-order valence-corrected chi connectivity index (χ4v) is 3.03. The fourth-order valence-electron chi connectivity index (χ4n) is 3.03. The van der Waals surface area contributed by atoms with Gasteiger partial charge in [0, 0.05) is 13.1 Å². The van der Waals surface area contributed by atoms with Crippen LogP contribution in [0.2, 0.25) is 0 Å². The highest BCUT2D eigenvalue weighted by atomic mass is 15.1. The summed E-state index contributed by atoms with van der Waals surface area (Å²) in [5, 5.41) is 0. The van der Waals surface area contributed by atoms with E-state index in [2.05, 4.69) is 88.0 Å². The van der Waals surface area contributed by atoms with Gasteiger partial charge in [-0.1, -0.05) is 88.2 Å². The molecule has 0 spiro atoms. The normalized spacial score (nSPS) is 11.9. The monoisotopic (exact) mass is 323 g/mol. The lowest BCUT2D eigenvalue weighted by molar-refractivity contribution is 0.252. The molecule has 0 aromatic heterocycles. The van der Waals surface area contributed by atoms with Crippen molar-refractivity contribution >= 4 is 0 Å². The van der Waals surface area contributed by atoms with Crippen molar-refractivity contribution in [2.45, 2.75) is 66.0 Å². The number of benzene rings is 2. The van der Waals surface area contributed by atoms with E-state index in [-0.39, 0.29) is 5.41 Å². The molecule has 0 saturated carbocycles. The molecule has 130 valence electrons. The highest BCUT2D eigenvalue weighted by molar-refractivity contribution is 5.28. The number of aryl methyl sites for hydroxylation is 1. The third-order valence-corrected chi connectivity index (χ3v) is 4.54. The van der Waals surface area contributed by atoms with E-state index in [1.165, 1.54) is 35.1 Å². The molecule has 0 amide bonds. The number of hydrogen-bond donors (Lipinski definition) is 0. The molecule has 0 heterocycles. The molecule has 2 aromatic carbocycles. The van der Waals surface area contributed by atoms with Crippen molar-refractivity contribution < 1.29 is 0 Å². The summed E-state index contributed by atoms with van der Waals surface area (Å²) < 4.78 is 0. The van der Waals surface area contributed by atoms with Crippen molar-refractivity contribution in [2.24, 2.45) is 0 Å². The second-order valence-electron chi connectivity index (χ2n) is 8.00. The summed E-state index contributed by atoms with van der Waals surface area (Å²) in [4.78, 5) is 2.57. The molecule has 0 fully saturated rings. The molecular weight excluding hydrogens is 290 g/mol. The van der Waals surface area contributed by atoms with E-state index < -0.39 is 0 Å². The summed E-state index contributed by atoms with van der Waals surface area (Å²) >= 11 is 0. The second kappa shape index (κ2) is 8.48. The Morgan fingerprint density at radius 1 is 0.875 bits per heavy atom. The molecule has 2 rings (SSSR count). The predicted molar refractivity (Wildman–Crippen MR) is 105 cm³/mol. The summed E-state index contributed by atoms with van der Waals surface area (Å²) in [7, 11) is 0. The predicted octanol–water partition coefficient (Wildman–Crippen LogP) is 6.09. The highest BCUT2D eigenvalue weighted by Gasteiger charge is 2.13. The topological polar surface area (TPSA) is 3.24 Å². The van der Waals surface area contributed by atoms with Gasteiger partial charge in [-0.2, -0.15) is 0 Å². The molecular formula is C23H33N. The number of unbranched alkanes of at least 4 members (excludes halogenated alkanes) is 1. The van der Waals surface area contributed by atoms with Gasteiger partial charge in [-0.25, -0.2) is 0 Å². The molecule has 1 nitrogen and oxygen atoms in total. The molecule has 1 heteroatoms. The lowest BCUT2D eigenvalue weighted by Gasteiger charge is -2.24. The first kappa shape index (κ1) is 18.7. The maximum absolute atomic E-state index is 2.57. The Morgan fingerprint density at radius 2 is 1.54 bits per heavy atom. The molecule has 0 bridgehead atoms. The van der Waals surface area contributed by atoms with Crippen LogP contribution >= 0.6 is 0 Å². The molecule has 0 aliphatic rings. The van der Waals surface area contributed by atoms with Crippen molar-refractivity contribution in [3.05, 3.63) is 70.8 Å². The summed E-state index contributed by atoms with van der Waals surface area (Å²) in [6, 6.07) is 18.1. The Hall–Kier alpha value is -1.60. The van der Waals surface area contributed by atoms with Gasteiger partial charge in [-0.3, -0.25) is 4.90 Å². The van der Waals surface area contributed by atoms with Gasteiger partial charge in [-0.05, 0) is 42.0 Å². The van der Waals surface area contributed by atoms with Gasteiger partial charge in [0.05, 0.1) is 0 Å². The molecule has 0 atom stereocenters.